The van der Waals surface area contributed by atoms with Gasteiger partial charge in [-0.1, -0.05) is 88.8 Å². The second-order valence-electron chi connectivity index (χ2n) is 10.7. The highest BCUT2D eigenvalue weighted by Gasteiger charge is 2.17. The Balaban J connectivity index is 0.000000211. The molecule has 2 heterocycles. The Morgan fingerprint density at radius 3 is 1.42 bits per heavy atom. The van der Waals surface area contributed by atoms with Crippen LogP contribution in [-0.2, 0) is 22.3 Å². The molecule has 2 aliphatic heterocycles. The standard InChI is InChI=1S/2C17H26O2/c2*1-2-3-4-5-10-15-11-6-7-12-16(15)19-17-13-8-9-14-18-17/h2*6-7,11-12,17H,2-5,8-10,13-14H2,1H3. The van der Waals surface area contributed by atoms with Gasteiger partial charge in [0.05, 0.1) is 13.2 Å². The van der Waals surface area contributed by atoms with E-state index in [1.165, 1.54) is 88.2 Å². The molecule has 0 saturated carbocycles. The van der Waals surface area contributed by atoms with E-state index < -0.39 is 0 Å². The van der Waals surface area contributed by atoms with Crippen molar-refractivity contribution in [1.29, 1.82) is 0 Å². The summed E-state index contributed by atoms with van der Waals surface area (Å²) in [5, 5.41) is 0. The van der Waals surface area contributed by atoms with Crippen LogP contribution in [0.15, 0.2) is 48.5 Å². The van der Waals surface area contributed by atoms with Crippen LogP contribution in [0.4, 0.5) is 0 Å². The highest BCUT2D eigenvalue weighted by Crippen LogP contribution is 2.26. The van der Waals surface area contributed by atoms with Crippen LogP contribution < -0.4 is 9.47 Å². The number of benzene rings is 2. The van der Waals surface area contributed by atoms with Gasteiger partial charge in [-0.05, 0) is 74.6 Å². The van der Waals surface area contributed by atoms with Gasteiger partial charge >= 0.3 is 0 Å². The SMILES string of the molecule is CCCCCCc1ccccc1OC1CCCCO1.CCCCCCc1ccccc1OC1CCCCO1. The molecular weight excluding hydrogens is 472 g/mol. The van der Waals surface area contributed by atoms with Gasteiger partial charge in [0.2, 0.25) is 0 Å². The fourth-order valence-electron chi connectivity index (χ4n) is 5.03. The molecule has 0 aliphatic carbocycles. The molecule has 0 N–H and O–H groups in total. The second kappa shape index (κ2) is 19.1. The van der Waals surface area contributed by atoms with E-state index in [1.807, 2.05) is 12.1 Å². The van der Waals surface area contributed by atoms with E-state index in [4.69, 9.17) is 18.9 Å². The van der Waals surface area contributed by atoms with Crippen molar-refractivity contribution in [2.45, 2.75) is 129 Å². The van der Waals surface area contributed by atoms with Gasteiger partial charge in [0.25, 0.3) is 0 Å². The van der Waals surface area contributed by atoms with Crippen molar-refractivity contribution >= 4 is 0 Å². The van der Waals surface area contributed by atoms with E-state index in [1.54, 1.807) is 0 Å². The van der Waals surface area contributed by atoms with Crippen LogP contribution in [0, 0.1) is 0 Å². The minimum absolute atomic E-state index is 0.0365. The lowest BCUT2D eigenvalue weighted by atomic mass is 10.1. The van der Waals surface area contributed by atoms with Crippen LogP contribution >= 0.6 is 0 Å². The number of rotatable bonds is 14. The molecule has 212 valence electrons. The average Bonchev–Trinajstić information content (AvgIpc) is 2.97. The van der Waals surface area contributed by atoms with E-state index in [0.717, 1.165) is 50.4 Å². The van der Waals surface area contributed by atoms with E-state index in [0.29, 0.717) is 0 Å². The molecule has 0 aromatic heterocycles. The van der Waals surface area contributed by atoms with Crippen LogP contribution in [0.25, 0.3) is 0 Å². The third-order valence-corrected chi connectivity index (χ3v) is 7.34. The Kier molecular flexibility index (Phi) is 15.3. The molecule has 2 aromatic carbocycles. The molecular formula is C34H52O4. The van der Waals surface area contributed by atoms with Crippen molar-refractivity contribution in [3.05, 3.63) is 59.7 Å². The Labute approximate surface area is 232 Å². The van der Waals surface area contributed by atoms with Crippen LogP contribution in [0.3, 0.4) is 0 Å². The molecule has 2 unspecified atom stereocenters. The summed E-state index contributed by atoms with van der Waals surface area (Å²) >= 11 is 0. The number of hydrogen-bond acceptors (Lipinski definition) is 4. The molecule has 0 radical (unpaired) electrons. The molecule has 2 saturated heterocycles. The molecule has 2 atom stereocenters. The summed E-state index contributed by atoms with van der Waals surface area (Å²) in [5.74, 6) is 2.04. The molecule has 4 heteroatoms. The lowest BCUT2D eigenvalue weighted by Crippen LogP contribution is -2.25. The summed E-state index contributed by atoms with van der Waals surface area (Å²) in [6.07, 6.45) is 19.3. The summed E-state index contributed by atoms with van der Waals surface area (Å²) < 4.78 is 23.4. The first-order valence-corrected chi connectivity index (χ1v) is 15.5. The average molecular weight is 525 g/mol. The lowest BCUT2D eigenvalue weighted by molar-refractivity contribution is -0.106. The summed E-state index contributed by atoms with van der Waals surface area (Å²) in [5.41, 5.74) is 2.65. The third-order valence-electron chi connectivity index (χ3n) is 7.34. The van der Waals surface area contributed by atoms with Crippen LogP contribution in [0.1, 0.15) is 115 Å². The van der Waals surface area contributed by atoms with Crippen LogP contribution in [0.2, 0.25) is 0 Å². The molecule has 2 fully saturated rings. The summed E-state index contributed by atoms with van der Waals surface area (Å²) in [6, 6.07) is 16.8. The maximum Gasteiger partial charge on any atom is 0.199 e. The number of unbranched alkanes of at least 4 members (excludes halogenated alkanes) is 6. The number of hydrogen-bond donors (Lipinski definition) is 0. The minimum Gasteiger partial charge on any atom is -0.465 e. The fraction of sp³-hybridized carbons (Fsp3) is 0.647. The first-order valence-electron chi connectivity index (χ1n) is 15.5. The van der Waals surface area contributed by atoms with E-state index in [9.17, 15) is 0 Å². The first-order chi connectivity index (χ1) is 18.8. The van der Waals surface area contributed by atoms with Crippen molar-refractivity contribution in [3.63, 3.8) is 0 Å². The summed E-state index contributed by atoms with van der Waals surface area (Å²) in [6.45, 7) is 6.17. The van der Waals surface area contributed by atoms with Crippen LogP contribution in [0.5, 0.6) is 11.5 Å². The summed E-state index contributed by atoms with van der Waals surface area (Å²) in [4.78, 5) is 0. The van der Waals surface area contributed by atoms with E-state index >= 15 is 0 Å². The number of para-hydroxylation sites is 2. The molecule has 2 aromatic rings. The van der Waals surface area contributed by atoms with Crippen molar-refractivity contribution in [2.75, 3.05) is 13.2 Å². The predicted octanol–water partition coefficient (Wildman–Crippen LogP) is 9.43. The Morgan fingerprint density at radius 1 is 0.579 bits per heavy atom. The molecule has 0 spiro atoms. The van der Waals surface area contributed by atoms with Crippen molar-refractivity contribution in [3.8, 4) is 11.5 Å². The molecule has 0 amide bonds. The van der Waals surface area contributed by atoms with E-state index in [2.05, 4.69) is 50.2 Å². The van der Waals surface area contributed by atoms with Gasteiger partial charge in [-0.2, -0.15) is 0 Å². The zero-order valence-electron chi connectivity index (χ0n) is 24.1. The second-order valence-corrected chi connectivity index (χ2v) is 10.7. The highest BCUT2D eigenvalue weighted by atomic mass is 16.7. The Bertz CT molecular complexity index is 784. The quantitative estimate of drug-likeness (QED) is 0.231. The van der Waals surface area contributed by atoms with Gasteiger partial charge in [-0.3, -0.25) is 0 Å². The lowest BCUT2D eigenvalue weighted by Gasteiger charge is -2.24. The summed E-state index contributed by atoms with van der Waals surface area (Å²) in [7, 11) is 0. The highest BCUT2D eigenvalue weighted by molar-refractivity contribution is 5.34. The number of aryl methyl sites for hydroxylation is 2. The first kappa shape index (κ1) is 30.5. The van der Waals surface area contributed by atoms with Crippen LogP contribution in [-0.4, -0.2) is 25.8 Å². The third kappa shape index (κ3) is 11.8. The van der Waals surface area contributed by atoms with Gasteiger partial charge in [0.15, 0.2) is 12.6 Å². The van der Waals surface area contributed by atoms with Gasteiger partial charge in [0.1, 0.15) is 11.5 Å². The van der Waals surface area contributed by atoms with Gasteiger partial charge in [0, 0.05) is 12.8 Å². The van der Waals surface area contributed by atoms with Crippen molar-refractivity contribution < 1.29 is 18.9 Å². The molecule has 2 aliphatic rings. The van der Waals surface area contributed by atoms with Gasteiger partial charge in [-0.15, -0.1) is 0 Å². The molecule has 0 bridgehead atoms. The zero-order valence-corrected chi connectivity index (χ0v) is 24.1. The molecule has 4 nitrogen and oxygen atoms in total. The molecule has 4 rings (SSSR count). The maximum atomic E-state index is 6.02. The smallest absolute Gasteiger partial charge is 0.199 e. The van der Waals surface area contributed by atoms with Crippen molar-refractivity contribution in [1.82, 2.24) is 0 Å². The topological polar surface area (TPSA) is 36.9 Å². The zero-order chi connectivity index (χ0) is 26.7. The van der Waals surface area contributed by atoms with Crippen molar-refractivity contribution in [2.24, 2.45) is 0 Å². The largest absolute Gasteiger partial charge is 0.465 e. The number of ether oxygens (including phenoxy) is 4. The molecule has 38 heavy (non-hydrogen) atoms. The maximum absolute atomic E-state index is 6.02. The Morgan fingerprint density at radius 2 is 1.03 bits per heavy atom. The minimum atomic E-state index is -0.0365. The monoisotopic (exact) mass is 524 g/mol. The normalized spacial score (nSPS) is 19.3. The predicted molar refractivity (Wildman–Crippen MR) is 157 cm³/mol. The Hall–Kier alpha value is -2.04. The fourth-order valence-corrected chi connectivity index (χ4v) is 5.03. The van der Waals surface area contributed by atoms with E-state index in [-0.39, 0.29) is 12.6 Å². The van der Waals surface area contributed by atoms with Gasteiger partial charge in [-0.25, -0.2) is 0 Å². The van der Waals surface area contributed by atoms with Gasteiger partial charge < -0.3 is 18.9 Å².